The van der Waals surface area contributed by atoms with Crippen molar-refractivity contribution in [2.45, 2.75) is 25.5 Å². The second-order valence-electron chi connectivity index (χ2n) is 7.85. The van der Waals surface area contributed by atoms with Crippen LogP contribution >= 0.6 is 0 Å². The molecule has 1 saturated heterocycles. The molecule has 0 aliphatic carbocycles. The summed E-state index contributed by atoms with van der Waals surface area (Å²) < 4.78 is 39.7. The number of rotatable bonds is 6. The lowest BCUT2D eigenvalue weighted by Crippen LogP contribution is -2.40. The number of nitrogens with two attached hydrogens (primary N) is 1. The molecule has 1 aliphatic heterocycles. The Morgan fingerprint density at radius 2 is 2.09 bits per heavy atom. The van der Waals surface area contributed by atoms with Crippen LogP contribution in [0.15, 0.2) is 47.6 Å². The van der Waals surface area contributed by atoms with Gasteiger partial charge in [0.15, 0.2) is 5.82 Å². The van der Waals surface area contributed by atoms with Crippen LogP contribution in [0, 0.1) is 11.6 Å². The smallest absolute Gasteiger partial charge is 0.213 e. The fraction of sp³-hybridized carbons (Fsp3) is 0.273. The Bertz CT molecular complexity index is 1270. The van der Waals surface area contributed by atoms with Crippen molar-refractivity contribution in [2.75, 3.05) is 24.1 Å². The van der Waals surface area contributed by atoms with Gasteiger partial charge in [-0.3, -0.25) is 4.90 Å². The minimum absolute atomic E-state index is 0.174. The Hall–Kier alpha value is -3.86. The van der Waals surface area contributed by atoms with E-state index in [0.717, 1.165) is 19.4 Å². The summed E-state index contributed by atoms with van der Waals surface area (Å²) in [5.74, 6) is 0.144. The average molecular weight is 453 g/mol. The molecule has 0 saturated carbocycles. The van der Waals surface area contributed by atoms with Crippen LogP contribution in [-0.2, 0) is 6.54 Å². The molecule has 0 radical (unpaired) electrons. The van der Waals surface area contributed by atoms with Crippen LogP contribution in [0.25, 0.3) is 10.9 Å². The molecule has 9 nitrogen and oxygen atoms in total. The molecule has 2 aromatic heterocycles. The van der Waals surface area contributed by atoms with E-state index in [1.165, 1.54) is 37.0 Å². The van der Waals surface area contributed by atoms with Crippen molar-refractivity contribution in [3.05, 3.63) is 60.5 Å². The first-order valence-electron chi connectivity index (χ1n) is 10.5. The Morgan fingerprint density at radius 1 is 1.18 bits per heavy atom. The molecule has 1 fully saturated rings. The van der Waals surface area contributed by atoms with Gasteiger partial charge in [0.1, 0.15) is 35.6 Å². The molecular weight excluding hydrogens is 432 g/mol. The number of aromatic nitrogens is 4. The Labute approximate surface area is 187 Å². The van der Waals surface area contributed by atoms with E-state index in [-0.39, 0.29) is 23.0 Å². The largest absolute Gasteiger partial charge is 0.487 e. The van der Waals surface area contributed by atoms with Crippen LogP contribution in [0.3, 0.4) is 0 Å². The normalized spacial score (nSPS) is 16.7. The summed E-state index contributed by atoms with van der Waals surface area (Å²) >= 11 is 0. The van der Waals surface area contributed by atoms with Gasteiger partial charge < -0.3 is 20.3 Å². The third kappa shape index (κ3) is 4.67. The predicted molar refractivity (Wildman–Crippen MR) is 117 cm³/mol. The Kier molecular flexibility index (Phi) is 5.69. The van der Waals surface area contributed by atoms with Crippen molar-refractivity contribution < 1.29 is 18.0 Å². The van der Waals surface area contributed by atoms with E-state index in [0.29, 0.717) is 35.9 Å². The van der Waals surface area contributed by atoms with Gasteiger partial charge in [0.25, 0.3) is 0 Å². The lowest BCUT2D eigenvalue weighted by molar-refractivity contribution is 0.0826. The van der Waals surface area contributed by atoms with Crippen LogP contribution < -0.4 is 15.8 Å². The molecule has 33 heavy (non-hydrogen) atoms. The van der Waals surface area contributed by atoms with Crippen LogP contribution in [0.1, 0.15) is 18.7 Å². The topological polar surface area (TPSA) is 115 Å². The molecular formula is C22H21F2N7O2. The standard InChI is InChI=1S/C22H21F2N7O2/c23-13-3-4-17(29-22-21-16(24)7-14(25)8-18(21)26-11-27-22)19(6-13)33-15-2-1-5-31(9-15)10-20-28-12-32-30-20/h3-4,6-8,11-12,15H,1-2,5,9-10,25H2,(H,26,27,29). The van der Waals surface area contributed by atoms with E-state index in [1.807, 2.05) is 0 Å². The third-order valence-corrected chi connectivity index (χ3v) is 5.44. The van der Waals surface area contributed by atoms with Gasteiger partial charge in [-0.25, -0.2) is 18.7 Å². The number of piperidine rings is 1. The number of nitrogens with one attached hydrogen (secondary N) is 1. The number of halogens is 2. The van der Waals surface area contributed by atoms with Crippen molar-refractivity contribution in [2.24, 2.45) is 0 Å². The minimum Gasteiger partial charge on any atom is -0.487 e. The summed E-state index contributed by atoms with van der Waals surface area (Å²) in [5, 5.41) is 7.11. The molecule has 2 aromatic carbocycles. The average Bonchev–Trinajstić information content (AvgIpc) is 3.28. The summed E-state index contributed by atoms with van der Waals surface area (Å²) in [6.45, 7) is 2.03. The van der Waals surface area contributed by atoms with Crippen molar-refractivity contribution in [1.82, 2.24) is 25.0 Å². The van der Waals surface area contributed by atoms with E-state index in [2.05, 4.69) is 30.3 Å². The quantitative estimate of drug-likeness (QED) is 0.422. The SMILES string of the molecule is Nc1cc(F)c2c(Nc3ccc(F)cc3OC3CCCN(Cc4ncon4)C3)ncnc2c1. The molecule has 1 aliphatic rings. The molecule has 1 unspecified atom stereocenters. The van der Waals surface area contributed by atoms with Crippen molar-refractivity contribution in [3.63, 3.8) is 0 Å². The van der Waals surface area contributed by atoms with E-state index < -0.39 is 11.6 Å². The van der Waals surface area contributed by atoms with Gasteiger partial charge in [-0.1, -0.05) is 5.16 Å². The van der Waals surface area contributed by atoms with Gasteiger partial charge in [0, 0.05) is 18.3 Å². The highest BCUT2D eigenvalue weighted by atomic mass is 19.1. The summed E-state index contributed by atoms with van der Waals surface area (Å²) in [7, 11) is 0. The summed E-state index contributed by atoms with van der Waals surface area (Å²) in [6, 6.07) is 6.91. The fourth-order valence-corrected chi connectivity index (χ4v) is 3.98. The van der Waals surface area contributed by atoms with E-state index in [4.69, 9.17) is 15.0 Å². The van der Waals surface area contributed by atoms with Crippen LogP contribution in [-0.4, -0.2) is 44.2 Å². The van der Waals surface area contributed by atoms with E-state index >= 15 is 0 Å². The van der Waals surface area contributed by atoms with Gasteiger partial charge in [-0.05, 0) is 43.7 Å². The zero-order chi connectivity index (χ0) is 22.8. The van der Waals surface area contributed by atoms with Crippen LogP contribution in [0.2, 0.25) is 0 Å². The monoisotopic (exact) mass is 453 g/mol. The maximum absolute atomic E-state index is 14.6. The highest BCUT2D eigenvalue weighted by Crippen LogP contribution is 2.33. The maximum Gasteiger partial charge on any atom is 0.213 e. The molecule has 0 bridgehead atoms. The molecule has 3 heterocycles. The minimum atomic E-state index is -0.554. The molecule has 11 heteroatoms. The van der Waals surface area contributed by atoms with Crippen molar-refractivity contribution >= 4 is 28.1 Å². The van der Waals surface area contributed by atoms with Crippen LogP contribution in [0.4, 0.5) is 26.0 Å². The predicted octanol–water partition coefficient (Wildman–Crippen LogP) is 3.66. The van der Waals surface area contributed by atoms with Crippen molar-refractivity contribution in [1.29, 1.82) is 0 Å². The fourth-order valence-electron chi connectivity index (χ4n) is 3.98. The van der Waals surface area contributed by atoms with Crippen LogP contribution in [0.5, 0.6) is 5.75 Å². The molecule has 170 valence electrons. The number of hydrogen-bond acceptors (Lipinski definition) is 9. The number of fused-ring (bicyclic) bond motifs is 1. The zero-order valence-corrected chi connectivity index (χ0v) is 17.5. The molecule has 4 aromatic rings. The summed E-state index contributed by atoms with van der Waals surface area (Å²) in [5.41, 5.74) is 6.81. The first kappa shape index (κ1) is 21.0. The highest BCUT2D eigenvalue weighted by molar-refractivity contribution is 5.93. The summed E-state index contributed by atoms with van der Waals surface area (Å²) in [4.78, 5) is 14.5. The van der Waals surface area contributed by atoms with Gasteiger partial charge >= 0.3 is 0 Å². The molecule has 1 atom stereocenters. The molecule has 5 rings (SSSR count). The number of benzene rings is 2. The van der Waals surface area contributed by atoms with E-state index in [9.17, 15) is 8.78 Å². The number of nitrogen functional groups attached to an aromatic ring is 1. The van der Waals surface area contributed by atoms with Gasteiger partial charge in [0.2, 0.25) is 6.39 Å². The van der Waals surface area contributed by atoms with E-state index in [1.54, 1.807) is 6.07 Å². The third-order valence-electron chi connectivity index (χ3n) is 5.44. The molecule has 0 amide bonds. The number of nitrogens with zero attached hydrogens (tertiary/aromatic N) is 5. The Morgan fingerprint density at radius 3 is 2.94 bits per heavy atom. The highest BCUT2D eigenvalue weighted by Gasteiger charge is 2.24. The lowest BCUT2D eigenvalue weighted by atomic mass is 10.1. The first-order chi connectivity index (χ1) is 16.0. The second kappa shape index (κ2) is 8.94. The lowest BCUT2D eigenvalue weighted by Gasteiger charge is -2.32. The first-order valence-corrected chi connectivity index (χ1v) is 10.5. The molecule has 3 N–H and O–H groups in total. The van der Waals surface area contributed by atoms with Gasteiger partial charge in [-0.15, -0.1) is 0 Å². The number of hydrogen-bond donors (Lipinski definition) is 2. The zero-order valence-electron chi connectivity index (χ0n) is 17.5. The second-order valence-corrected chi connectivity index (χ2v) is 7.85. The number of ether oxygens (including phenoxy) is 1. The summed E-state index contributed by atoms with van der Waals surface area (Å²) in [6.07, 6.45) is 4.15. The van der Waals surface area contributed by atoms with Gasteiger partial charge in [-0.2, -0.15) is 4.98 Å². The van der Waals surface area contributed by atoms with Crippen molar-refractivity contribution in [3.8, 4) is 5.75 Å². The maximum atomic E-state index is 14.6. The number of anilines is 3. The number of likely N-dealkylation sites (tertiary alicyclic amines) is 1. The molecule has 0 spiro atoms. The Balaban J connectivity index is 1.38. The van der Waals surface area contributed by atoms with Gasteiger partial charge in [0.05, 0.1) is 23.1 Å².